The number of methoxy groups -OCH3 is 1. The van der Waals surface area contributed by atoms with Gasteiger partial charge in [0.1, 0.15) is 23.0 Å². The Kier molecular flexibility index (Phi) is 9.22. The molecule has 220 valence electrons. The van der Waals surface area contributed by atoms with Gasteiger partial charge in [0, 0.05) is 24.4 Å². The van der Waals surface area contributed by atoms with Gasteiger partial charge in [-0.15, -0.1) is 17.3 Å². The van der Waals surface area contributed by atoms with Crippen LogP contribution in [0.2, 0.25) is 0 Å². The number of fused-ring (bicyclic) bond motifs is 1. The molecule has 1 saturated heterocycles. The Labute approximate surface area is 243 Å². The number of rotatable bonds is 11. The minimum atomic E-state index is -3.25. The van der Waals surface area contributed by atoms with E-state index in [9.17, 15) is 14.2 Å². The molecule has 2 atom stereocenters. The van der Waals surface area contributed by atoms with Gasteiger partial charge in [-0.2, -0.15) is 0 Å². The molecule has 1 aliphatic carbocycles. The van der Waals surface area contributed by atoms with Gasteiger partial charge in [-0.05, 0) is 58.1 Å². The van der Waals surface area contributed by atoms with Crippen LogP contribution in [0.25, 0.3) is 10.2 Å². The van der Waals surface area contributed by atoms with Crippen molar-refractivity contribution in [3.05, 3.63) is 61.1 Å². The van der Waals surface area contributed by atoms with E-state index >= 15 is 0 Å². The second kappa shape index (κ2) is 12.7. The molecule has 0 spiro atoms. The first-order chi connectivity index (χ1) is 19.8. The van der Waals surface area contributed by atoms with Crippen LogP contribution in [0, 0.1) is 18.8 Å². The third-order valence-electron chi connectivity index (χ3n) is 7.68. The number of para-hydroxylation sites is 1. The number of aromatic nitrogens is 2. The molecular weight excluding hydrogens is 563 g/mol. The molecular formula is C30H37N2O7PS. The van der Waals surface area contributed by atoms with E-state index in [1.165, 1.54) is 11.3 Å². The van der Waals surface area contributed by atoms with Gasteiger partial charge in [-0.3, -0.25) is 13.9 Å². The molecule has 0 bridgehead atoms. The van der Waals surface area contributed by atoms with Crippen LogP contribution >= 0.6 is 18.7 Å². The summed E-state index contributed by atoms with van der Waals surface area (Å²) in [6.07, 6.45) is 2.16. The van der Waals surface area contributed by atoms with Crippen LogP contribution in [-0.2, 0) is 31.4 Å². The lowest BCUT2D eigenvalue weighted by atomic mass is 10.1. The summed E-state index contributed by atoms with van der Waals surface area (Å²) in [5.74, 6) is 6.65. The van der Waals surface area contributed by atoms with E-state index in [1.54, 1.807) is 25.5 Å². The molecule has 11 heteroatoms. The molecule has 2 fully saturated rings. The molecule has 1 aromatic carbocycles. The predicted octanol–water partition coefficient (Wildman–Crippen LogP) is 5.28. The SMILES string of the molecule is CC#Cc1sc2c(c1C)c(=O)n(C[P@](=O)(OCC)C1CC1)c(=O)n2C[C@H](OC1CCOCC1)c1ccccc1OC. The Morgan fingerprint density at radius 1 is 1.15 bits per heavy atom. The van der Waals surface area contributed by atoms with Crippen molar-refractivity contribution < 1.29 is 23.3 Å². The summed E-state index contributed by atoms with van der Waals surface area (Å²) in [6, 6.07) is 7.61. The highest BCUT2D eigenvalue weighted by Crippen LogP contribution is 2.62. The molecule has 0 amide bonds. The summed E-state index contributed by atoms with van der Waals surface area (Å²) in [4.78, 5) is 29.4. The summed E-state index contributed by atoms with van der Waals surface area (Å²) in [6.45, 7) is 6.96. The Bertz CT molecular complexity index is 1640. The summed E-state index contributed by atoms with van der Waals surface area (Å²) >= 11 is 1.32. The Morgan fingerprint density at radius 2 is 1.88 bits per heavy atom. The van der Waals surface area contributed by atoms with Crippen molar-refractivity contribution in [1.29, 1.82) is 0 Å². The van der Waals surface area contributed by atoms with E-state index in [0.717, 1.165) is 40.7 Å². The van der Waals surface area contributed by atoms with Crippen LogP contribution in [0.1, 0.15) is 61.6 Å². The van der Waals surface area contributed by atoms with Gasteiger partial charge in [-0.25, -0.2) is 9.36 Å². The highest BCUT2D eigenvalue weighted by Gasteiger charge is 2.43. The van der Waals surface area contributed by atoms with Crippen molar-refractivity contribution in [2.45, 2.75) is 77.2 Å². The molecule has 1 saturated carbocycles. The molecule has 2 aromatic heterocycles. The normalized spacial score (nSPS) is 18.0. The maximum Gasteiger partial charge on any atom is 0.332 e. The molecule has 0 unspecified atom stereocenters. The Morgan fingerprint density at radius 3 is 2.54 bits per heavy atom. The topological polar surface area (TPSA) is 98.0 Å². The largest absolute Gasteiger partial charge is 0.496 e. The Hall–Kier alpha value is -2.67. The van der Waals surface area contributed by atoms with Crippen LogP contribution < -0.4 is 16.0 Å². The average molecular weight is 601 g/mol. The fourth-order valence-corrected chi connectivity index (χ4v) is 9.16. The van der Waals surface area contributed by atoms with Crippen molar-refractivity contribution >= 4 is 28.9 Å². The molecule has 41 heavy (non-hydrogen) atoms. The molecule has 5 rings (SSSR count). The van der Waals surface area contributed by atoms with Crippen molar-refractivity contribution in [1.82, 2.24) is 9.13 Å². The first kappa shape index (κ1) is 29.8. The number of hydrogen-bond donors (Lipinski definition) is 0. The standard InChI is InChI=1S/C30H37N2O7PS/c1-5-9-26-20(3)27-28(33)32(19-40(35,38-6-2)22-12-13-22)30(34)31(29(27)41-26)18-25(39-21-14-16-37-17-15-21)23-10-7-8-11-24(23)36-4/h7-8,10-11,21-22,25H,6,12-19H2,1-4H3/t25-,40-/m0/s1. The molecule has 3 aromatic rings. The molecule has 1 aliphatic heterocycles. The van der Waals surface area contributed by atoms with E-state index in [2.05, 4.69) is 11.8 Å². The average Bonchev–Trinajstić information content (AvgIpc) is 3.79. The van der Waals surface area contributed by atoms with Gasteiger partial charge in [0.25, 0.3) is 5.56 Å². The van der Waals surface area contributed by atoms with Gasteiger partial charge in [0.15, 0.2) is 0 Å². The van der Waals surface area contributed by atoms with Crippen molar-refractivity contribution in [3.63, 3.8) is 0 Å². The summed E-state index contributed by atoms with van der Waals surface area (Å²) < 4.78 is 40.2. The third-order valence-corrected chi connectivity index (χ3v) is 11.9. The van der Waals surface area contributed by atoms with Crippen molar-refractivity contribution in [2.75, 3.05) is 26.9 Å². The first-order valence-electron chi connectivity index (χ1n) is 14.1. The number of ether oxygens (including phenoxy) is 3. The van der Waals surface area contributed by atoms with Crippen LogP contribution in [0.4, 0.5) is 0 Å². The summed E-state index contributed by atoms with van der Waals surface area (Å²) in [5.41, 5.74) is 0.402. The molecule has 0 N–H and O–H groups in total. The molecule has 0 radical (unpaired) electrons. The number of aryl methyl sites for hydroxylation is 1. The van der Waals surface area contributed by atoms with Gasteiger partial charge in [0.05, 0.1) is 36.6 Å². The molecule has 2 aliphatic rings. The lowest BCUT2D eigenvalue weighted by molar-refractivity contribution is -0.0753. The smallest absolute Gasteiger partial charge is 0.332 e. The highest BCUT2D eigenvalue weighted by molar-refractivity contribution is 7.59. The summed E-state index contributed by atoms with van der Waals surface area (Å²) in [7, 11) is -1.64. The highest BCUT2D eigenvalue weighted by atomic mass is 32.1. The zero-order chi connectivity index (χ0) is 29.1. The van der Waals surface area contributed by atoms with E-state index in [-0.39, 0.29) is 31.2 Å². The maximum absolute atomic E-state index is 14.2. The van der Waals surface area contributed by atoms with Gasteiger partial charge in [0.2, 0.25) is 7.37 Å². The van der Waals surface area contributed by atoms with Crippen molar-refractivity contribution in [2.24, 2.45) is 0 Å². The van der Waals surface area contributed by atoms with Gasteiger partial charge < -0.3 is 18.7 Å². The fraction of sp³-hybridized carbons (Fsp3) is 0.533. The van der Waals surface area contributed by atoms with Gasteiger partial charge in [-0.1, -0.05) is 24.1 Å². The molecule has 9 nitrogen and oxygen atoms in total. The summed E-state index contributed by atoms with van der Waals surface area (Å²) in [5, 5.41) is 0.413. The fourth-order valence-electron chi connectivity index (χ4n) is 5.42. The predicted molar refractivity (Wildman–Crippen MR) is 161 cm³/mol. The minimum Gasteiger partial charge on any atom is -0.496 e. The first-order valence-corrected chi connectivity index (χ1v) is 16.8. The number of nitrogens with zero attached hydrogens (tertiary/aromatic N) is 2. The van der Waals surface area contributed by atoms with Gasteiger partial charge >= 0.3 is 5.69 Å². The lowest BCUT2D eigenvalue weighted by Crippen LogP contribution is -2.41. The second-order valence-corrected chi connectivity index (χ2v) is 14.2. The lowest BCUT2D eigenvalue weighted by Gasteiger charge is -2.29. The minimum absolute atomic E-state index is 0.0598. The van der Waals surface area contributed by atoms with Crippen LogP contribution in [0.5, 0.6) is 5.75 Å². The van der Waals surface area contributed by atoms with Crippen molar-refractivity contribution in [3.8, 4) is 17.6 Å². The van der Waals surface area contributed by atoms with E-state index < -0.39 is 24.7 Å². The van der Waals surface area contributed by atoms with E-state index in [0.29, 0.717) is 34.7 Å². The molecule has 3 heterocycles. The van der Waals surface area contributed by atoms with Crippen LogP contribution in [0.15, 0.2) is 33.9 Å². The number of hydrogen-bond acceptors (Lipinski definition) is 8. The van der Waals surface area contributed by atoms with Crippen LogP contribution in [0.3, 0.4) is 0 Å². The quantitative estimate of drug-likeness (QED) is 0.218. The monoisotopic (exact) mass is 600 g/mol. The number of thiophene rings is 1. The zero-order valence-corrected chi connectivity index (χ0v) is 25.7. The zero-order valence-electron chi connectivity index (χ0n) is 24.0. The van der Waals surface area contributed by atoms with E-state index in [1.807, 2.05) is 31.2 Å². The maximum atomic E-state index is 14.2. The van der Waals surface area contributed by atoms with E-state index in [4.69, 9.17) is 18.7 Å². The number of benzene rings is 1. The Balaban J connectivity index is 1.69. The third kappa shape index (κ3) is 6.11. The van der Waals surface area contributed by atoms with Crippen LogP contribution in [-0.4, -0.2) is 47.8 Å². The second-order valence-electron chi connectivity index (χ2n) is 10.4.